The zero-order valence-electron chi connectivity index (χ0n) is 25.2. The van der Waals surface area contributed by atoms with Gasteiger partial charge in [0.05, 0.1) is 46.5 Å². The van der Waals surface area contributed by atoms with Gasteiger partial charge in [-0.3, -0.25) is 14.4 Å². The number of carbonyl (C=O) groups is 3. The van der Waals surface area contributed by atoms with Crippen molar-refractivity contribution in [2.75, 3.05) is 36.1 Å². The van der Waals surface area contributed by atoms with Crippen molar-refractivity contribution < 1.29 is 24.2 Å². The SMILES string of the molecule is CCOc1ccc(N2CC=C[C@H]3S[C@]45C=CCN(c6ccccc6Cl)C(=O)C4N([C@H](CO)c4ccccc4)C(=O)[C@@H]5[C@H]3C2=O)cc1. The Balaban J connectivity index is 1.34. The number of fused-ring (bicyclic) bond motifs is 2. The number of carbonyl (C=O) groups excluding carboxylic acids is 3. The fourth-order valence-corrected chi connectivity index (χ4v) is 9.68. The molecule has 1 spiro atoms. The van der Waals surface area contributed by atoms with Gasteiger partial charge in [0.2, 0.25) is 11.8 Å². The van der Waals surface area contributed by atoms with Crippen LogP contribution in [0.4, 0.5) is 11.4 Å². The van der Waals surface area contributed by atoms with Crippen LogP contribution >= 0.6 is 23.4 Å². The van der Waals surface area contributed by atoms with E-state index in [0.29, 0.717) is 40.9 Å². The number of hydrogen-bond donors (Lipinski definition) is 1. The zero-order valence-corrected chi connectivity index (χ0v) is 26.8. The second-order valence-corrected chi connectivity index (χ2v) is 13.7. The lowest BCUT2D eigenvalue weighted by molar-refractivity contribution is -0.141. The Labute approximate surface area is 277 Å². The molecule has 4 heterocycles. The van der Waals surface area contributed by atoms with E-state index in [4.69, 9.17) is 16.3 Å². The van der Waals surface area contributed by atoms with E-state index in [1.807, 2.05) is 91.9 Å². The monoisotopic (exact) mass is 655 g/mol. The molecule has 4 aliphatic rings. The summed E-state index contributed by atoms with van der Waals surface area (Å²) in [6.45, 7) is 2.68. The maximum Gasteiger partial charge on any atom is 0.251 e. The quantitative estimate of drug-likeness (QED) is 0.349. The summed E-state index contributed by atoms with van der Waals surface area (Å²) in [5.74, 6) is -1.64. The van der Waals surface area contributed by atoms with Gasteiger partial charge in [-0.25, -0.2) is 0 Å². The highest BCUT2D eigenvalue weighted by molar-refractivity contribution is 8.02. The van der Waals surface area contributed by atoms with Crippen molar-refractivity contribution in [3.63, 3.8) is 0 Å². The summed E-state index contributed by atoms with van der Waals surface area (Å²) in [4.78, 5) is 49.2. The van der Waals surface area contributed by atoms with Gasteiger partial charge >= 0.3 is 0 Å². The Morgan fingerprint density at radius 2 is 1.63 bits per heavy atom. The second-order valence-electron chi connectivity index (χ2n) is 11.8. The second kappa shape index (κ2) is 12.3. The molecule has 6 atom stereocenters. The first-order valence-corrected chi connectivity index (χ1v) is 16.8. The van der Waals surface area contributed by atoms with E-state index in [-0.39, 0.29) is 36.1 Å². The van der Waals surface area contributed by atoms with Crippen LogP contribution in [-0.4, -0.2) is 70.1 Å². The Morgan fingerprint density at radius 1 is 0.913 bits per heavy atom. The molecule has 2 fully saturated rings. The van der Waals surface area contributed by atoms with E-state index in [9.17, 15) is 19.5 Å². The van der Waals surface area contributed by atoms with Crippen LogP contribution in [0.25, 0.3) is 0 Å². The van der Waals surface area contributed by atoms with E-state index in [1.54, 1.807) is 32.9 Å². The lowest BCUT2D eigenvalue weighted by Crippen LogP contribution is -2.54. The van der Waals surface area contributed by atoms with E-state index >= 15 is 0 Å². The van der Waals surface area contributed by atoms with E-state index in [0.717, 1.165) is 0 Å². The van der Waals surface area contributed by atoms with E-state index < -0.39 is 28.7 Å². The molecule has 1 N–H and O–H groups in total. The van der Waals surface area contributed by atoms with Gasteiger partial charge in [0.1, 0.15) is 11.8 Å². The molecule has 0 aromatic heterocycles. The molecule has 3 amide bonds. The van der Waals surface area contributed by atoms with Crippen LogP contribution in [0.1, 0.15) is 18.5 Å². The number of likely N-dealkylation sites (tertiary alicyclic amines) is 1. The van der Waals surface area contributed by atoms with Crippen LogP contribution in [0.15, 0.2) is 103 Å². The van der Waals surface area contributed by atoms with Gasteiger partial charge in [0.25, 0.3) is 5.91 Å². The van der Waals surface area contributed by atoms with Gasteiger partial charge in [-0.05, 0) is 48.9 Å². The normalized spacial score (nSPS) is 27.6. The van der Waals surface area contributed by atoms with Crippen LogP contribution in [0.3, 0.4) is 0 Å². The minimum Gasteiger partial charge on any atom is -0.494 e. The molecule has 0 saturated carbocycles. The van der Waals surface area contributed by atoms with Crippen LogP contribution in [-0.2, 0) is 14.4 Å². The first-order chi connectivity index (χ1) is 22.4. The highest BCUT2D eigenvalue weighted by Crippen LogP contribution is 2.62. The van der Waals surface area contributed by atoms with Crippen molar-refractivity contribution in [3.8, 4) is 5.75 Å². The molecule has 0 bridgehead atoms. The Bertz CT molecular complexity index is 1720. The summed E-state index contributed by atoms with van der Waals surface area (Å²) in [7, 11) is 0. The molecule has 46 heavy (non-hydrogen) atoms. The lowest BCUT2D eigenvalue weighted by Gasteiger charge is -2.38. The van der Waals surface area contributed by atoms with Gasteiger partial charge in [-0.1, -0.05) is 78.4 Å². The molecule has 8 nitrogen and oxygen atoms in total. The zero-order chi connectivity index (χ0) is 32.0. The molecule has 3 aromatic carbocycles. The average Bonchev–Trinajstić information content (AvgIpc) is 3.38. The Kier molecular flexibility index (Phi) is 8.17. The summed E-state index contributed by atoms with van der Waals surface area (Å²) in [5.41, 5.74) is 1.96. The summed E-state index contributed by atoms with van der Waals surface area (Å²) in [6.07, 6.45) is 7.87. The molecule has 7 rings (SSSR count). The predicted octanol–water partition coefficient (Wildman–Crippen LogP) is 5.28. The number of hydrogen-bond acceptors (Lipinski definition) is 6. The molecule has 236 valence electrons. The van der Waals surface area contributed by atoms with Crippen LogP contribution in [0.5, 0.6) is 5.75 Å². The highest BCUT2D eigenvalue weighted by atomic mass is 35.5. The standard InChI is InChI=1S/C36H34ClN3O5S/c1-2-45-25-17-15-24(16-18-25)38-20-8-14-29-30(33(38)42)31-34(43)40(28(22-41)23-10-4-3-5-11-23)32-35(44)39(21-9-19-36(31,32)46-29)27-13-7-6-12-26(27)37/h3-19,28-32,41H,2,20-22H2,1H3/t28-,29-,30+,31+,32?,36+/m1/s1. The summed E-state index contributed by atoms with van der Waals surface area (Å²) >= 11 is 8.11. The van der Waals surface area contributed by atoms with E-state index in [1.165, 1.54) is 11.8 Å². The number of rotatable bonds is 7. The molecule has 0 aliphatic carbocycles. The third-order valence-corrected chi connectivity index (χ3v) is 11.5. The highest BCUT2D eigenvalue weighted by Gasteiger charge is 2.72. The third kappa shape index (κ3) is 4.84. The first kappa shape index (κ1) is 30.6. The van der Waals surface area contributed by atoms with Crippen molar-refractivity contribution >= 4 is 52.5 Å². The first-order valence-electron chi connectivity index (χ1n) is 15.5. The lowest BCUT2D eigenvalue weighted by atomic mass is 9.78. The number of aliphatic hydroxyl groups is 1. The number of halogens is 1. The molecule has 0 radical (unpaired) electrons. The summed E-state index contributed by atoms with van der Waals surface area (Å²) in [5, 5.41) is 10.9. The van der Waals surface area contributed by atoms with Crippen LogP contribution in [0.2, 0.25) is 5.02 Å². The van der Waals surface area contributed by atoms with Crippen LogP contribution < -0.4 is 14.5 Å². The minimum absolute atomic E-state index is 0.171. The maximum absolute atomic E-state index is 14.9. The molecule has 3 aromatic rings. The van der Waals surface area contributed by atoms with Gasteiger partial charge in [-0.15, -0.1) is 11.8 Å². The summed E-state index contributed by atoms with van der Waals surface area (Å²) < 4.78 is 4.55. The van der Waals surface area contributed by atoms with Crippen molar-refractivity contribution in [2.45, 2.75) is 29.0 Å². The number of thioether (sulfide) groups is 1. The molecular formula is C36H34ClN3O5S. The molecule has 10 heteroatoms. The topological polar surface area (TPSA) is 90.4 Å². The van der Waals surface area contributed by atoms with Gasteiger partial charge in [0.15, 0.2) is 0 Å². The van der Waals surface area contributed by atoms with E-state index in [2.05, 4.69) is 0 Å². The Hall–Kier alpha value is -4.05. The van der Waals surface area contributed by atoms with Crippen LogP contribution in [0, 0.1) is 11.8 Å². The fourth-order valence-electron chi connectivity index (χ4n) is 7.45. The van der Waals surface area contributed by atoms with Gasteiger partial charge in [0, 0.05) is 24.0 Å². The number of amides is 3. The molecular weight excluding hydrogens is 622 g/mol. The molecule has 1 unspecified atom stereocenters. The predicted molar refractivity (Wildman–Crippen MR) is 180 cm³/mol. The maximum atomic E-state index is 14.9. The number of aliphatic hydroxyl groups excluding tert-OH is 1. The molecule has 4 aliphatic heterocycles. The number of nitrogens with zero attached hydrogens (tertiary/aromatic N) is 3. The van der Waals surface area contributed by atoms with Crippen molar-refractivity contribution in [1.29, 1.82) is 0 Å². The molecule has 2 saturated heterocycles. The number of para-hydroxylation sites is 1. The minimum atomic E-state index is -1.05. The van der Waals surface area contributed by atoms with Crippen molar-refractivity contribution in [1.82, 2.24) is 4.90 Å². The van der Waals surface area contributed by atoms with Gasteiger partial charge < -0.3 is 24.5 Å². The smallest absolute Gasteiger partial charge is 0.251 e. The third-order valence-electron chi connectivity index (χ3n) is 9.39. The van der Waals surface area contributed by atoms with Crippen molar-refractivity contribution in [2.24, 2.45) is 11.8 Å². The number of benzene rings is 3. The van der Waals surface area contributed by atoms with Crippen molar-refractivity contribution in [3.05, 3.63) is 114 Å². The number of anilines is 2. The largest absolute Gasteiger partial charge is 0.494 e. The fraction of sp³-hybridized carbons (Fsp3) is 0.306. The van der Waals surface area contributed by atoms with Gasteiger partial charge in [-0.2, -0.15) is 0 Å². The number of ether oxygens (including phenoxy) is 1. The Morgan fingerprint density at radius 3 is 2.35 bits per heavy atom. The average molecular weight is 656 g/mol. The summed E-state index contributed by atoms with van der Waals surface area (Å²) in [6, 6.07) is 22.0.